The monoisotopic (exact) mass is 400 g/mol. The van der Waals surface area contributed by atoms with Crippen LogP contribution in [-0.2, 0) is 0 Å². The van der Waals surface area contributed by atoms with E-state index in [1.165, 1.54) is 0 Å². The lowest BCUT2D eigenvalue weighted by atomic mass is 9.97. The number of phenols is 1. The van der Waals surface area contributed by atoms with E-state index < -0.39 is 0 Å². The molecule has 0 saturated heterocycles. The number of benzene rings is 4. The van der Waals surface area contributed by atoms with E-state index in [9.17, 15) is 5.11 Å². The van der Waals surface area contributed by atoms with Gasteiger partial charge in [-0.3, -0.25) is 0 Å². The normalized spacial score (nSPS) is 11.4. The molecule has 4 aromatic carbocycles. The van der Waals surface area contributed by atoms with Crippen molar-refractivity contribution >= 4 is 48.8 Å². The summed E-state index contributed by atoms with van der Waals surface area (Å²) in [6.45, 7) is 0. The number of halogens is 1. The minimum absolute atomic E-state index is 0.236. The summed E-state index contributed by atoms with van der Waals surface area (Å²) in [4.78, 5) is 9.72. The molecular weight excluding hydrogens is 388 g/mol. The van der Waals surface area contributed by atoms with Crippen molar-refractivity contribution in [2.24, 2.45) is 0 Å². The van der Waals surface area contributed by atoms with Crippen molar-refractivity contribution < 1.29 is 5.11 Å². The molecule has 0 fully saturated rings. The topological polar surface area (TPSA) is 46.0 Å². The van der Waals surface area contributed by atoms with Gasteiger partial charge in [-0.05, 0) is 29.8 Å². The lowest BCUT2D eigenvalue weighted by Crippen LogP contribution is -1.93. The van der Waals surface area contributed by atoms with Crippen LogP contribution in [-0.4, -0.2) is 15.1 Å². The SMILES string of the molecule is Oc1c(-c2ccc(Br)cc2)c2nc3ccccc3nc2c2ccccc12. The van der Waals surface area contributed by atoms with E-state index in [0.717, 1.165) is 37.4 Å². The zero-order valence-electron chi connectivity index (χ0n) is 13.6. The second-order valence-electron chi connectivity index (χ2n) is 6.19. The van der Waals surface area contributed by atoms with Gasteiger partial charge in [0.1, 0.15) is 11.3 Å². The summed E-state index contributed by atoms with van der Waals surface area (Å²) in [7, 11) is 0. The number of hydrogen-bond donors (Lipinski definition) is 1. The second-order valence-corrected chi connectivity index (χ2v) is 7.10. The summed E-state index contributed by atoms with van der Waals surface area (Å²) in [5, 5.41) is 12.7. The third kappa shape index (κ3) is 2.26. The quantitative estimate of drug-likeness (QED) is 0.274. The molecule has 1 heterocycles. The second kappa shape index (κ2) is 5.78. The van der Waals surface area contributed by atoms with Gasteiger partial charge in [0.15, 0.2) is 0 Å². The Morgan fingerprint density at radius 2 is 1.23 bits per heavy atom. The van der Waals surface area contributed by atoms with Crippen LogP contribution >= 0.6 is 15.9 Å². The Balaban J connectivity index is 2.02. The first-order chi connectivity index (χ1) is 12.7. The lowest BCUT2D eigenvalue weighted by Gasteiger charge is -2.13. The van der Waals surface area contributed by atoms with Crippen molar-refractivity contribution in [3.63, 3.8) is 0 Å². The summed E-state index contributed by atoms with van der Waals surface area (Å²) >= 11 is 3.47. The molecule has 124 valence electrons. The summed E-state index contributed by atoms with van der Waals surface area (Å²) in [6, 6.07) is 23.5. The highest BCUT2D eigenvalue weighted by Crippen LogP contribution is 2.42. The first kappa shape index (κ1) is 15.3. The number of nitrogens with zero attached hydrogens (tertiary/aromatic N) is 2. The van der Waals surface area contributed by atoms with Crippen molar-refractivity contribution in [3.05, 3.63) is 77.3 Å². The Kier molecular flexibility index (Phi) is 3.40. The van der Waals surface area contributed by atoms with Crippen LogP contribution in [0.15, 0.2) is 77.3 Å². The number of rotatable bonds is 1. The fourth-order valence-corrected chi connectivity index (χ4v) is 3.66. The van der Waals surface area contributed by atoms with Gasteiger partial charge in [-0.25, -0.2) is 9.97 Å². The van der Waals surface area contributed by atoms with Gasteiger partial charge < -0.3 is 5.11 Å². The van der Waals surface area contributed by atoms with Gasteiger partial charge in [0.05, 0.1) is 22.1 Å². The van der Waals surface area contributed by atoms with E-state index in [4.69, 9.17) is 9.97 Å². The number of phenolic OH excluding ortho intramolecular Hbond substituents is 1. The third-order valence-corrected chi connectivity index (χ3v) is 5.14. The van der Waals surface area contributed by atoms with Crippen molar-refractivity contribution in [2.75, 3.05) is 0 Å². The largest absolute Gasteiger partial charge is 0.507 e. The molecule has 0 unspecified atom stereocenters. The summed E-state index contributed by atoms with van der Waals surface area (Å²) in [5.41, 5.74) is 4.79. The minimum Gasteiger partial charge on any atom is -0.507 e. The highest BCUT2D eigenvalue weighted by atomic mass is 79.9. The molecule has 0 aliphatic heterocycles. The number of fused-ring (bicyclic) bond motifs is 4. The van der Waals surface area contributed by atoms with Crippen LogP contribution in [0, 0.1) is 0 Å². The standard InChI is InChI=1S/C22H13BrN2O/c23-14-11-9-13(10-12-14)19-21-20(15-5-1-2-6-16(15)22(19)26)24-17-7-3-4-8-18(17)25-21/h1-12,26H. The van der Waals surface area contributed by atoms with Gasteiger partial charge in [0.25, 0.3) is 0 Å². The average Bonchev–Trinajstić information content (AvgIpc) is 2.68. The maximum absolute atomic E-state index is 11.1. The first-order valence-corrected chi connectivity index (χ1v) is 9.08. The molecule has 4 heteroatoms. The molecule has 1 N–H and O–H groups in total. The molecule has 0 radical (unpaired) electrons. The Bertz CT molecular complexity index is 1300. The Labute approximate surface area is 158 Å². The van der Waals surface area contributed by atoms with Crippen molar-refractivity contribution in [2.45, 2.75) is 0 Å². The van der Waals surface area contributed by atoms with Gasteiger partial charge >= 0.3 is 0 Å². The Hall–Kier alpha value is -2.98. The molecule has 0 spiro atoms. The molecule has 5 aromatic rings. The van der Waals surface area contributed by atoms with Crippen molar-refractivity contribution in [3.8, 4) is 16.9 Å². The molecule has 3 nitrogen and oxygen atoms in total. The van der Waals surface area contributed by atoms with Gasteiger partial charge in [0.2, 0.25) is 0 Å². The third-order valence-electron chi connectivity index (χ3n) is 4.61. The summed E-state index contributed by atoms with van der Waals surface area (Å²) in [6.07, 6.45) is 0. The van der Waals surface area contributed by atoms with Crippen LogP contribution in [0.25, 0.3) is 44.0 Å². The summed E-state index contributed by atoms with van der Waals surface area (Å²) in [5.74, 6) is 0.236. The first-order valence-electron chi connectivity index (χ1n) is 8.28. The van der Waals surface area contributed by atoms with Crippen molar-refractivity contribution in [1.29, 1.82) is 0 Å². The van der Waals surface area contributed by atoms with Crippen LogP contribution in [0.3, 0.4) is 0 Å². The van der Waals surface area contributed by atoms with Crippen LogP contribution in [0.2, 0.25) is 0 Å². The molecule has 0 bridgehead atoms. The molecule has 5 rings (SSSR count). The van der Waals surface area contributed by atoms with Crippen molar-refractivity contribution in [1.82, 2.24) is 9.97 Å². The van der Waals surface area contributed by atoms with E-state index in [0.29, 0.717) is 11.1 Å². The predicted molar refractivity (Wildman–Crippen MR) is 109 cm³/mol. The molecule has 0 aliphatic rings. The average molecular weight is 401 g/mol. The molecule has 0 aliphatic carbocycles. The molecule has 0 amide bonds. The van der Waals surface area contributed by atoms with Crippen LogP contribution in [0.1, 0.15) is 0 Å². The van der Waals surface area contributed by atoms with Crippen LogP contribution in [0.5, 0.6) is 5.75 Å². The van der Waals surface area contributed by atoms with Gasteiger partial charge in [-0.1, -0.05) is 64.5 Å². The predicted octanol–water partition coefficient (Wildman–Crippen LogP) is 6.07. The highest BCUT2D eigenvalue weighted by molar-refractivity contribution is 9.10. The smallest absolute Gasteiger partial charge is 0.133 e. The molecule has 0 atom stereocenters. The Morgan fingerprint density at radius 3 is 1.92 bits per heavy atom. The maximum atomic E-state index is 11.1. The van der Waals surface area contributed by atoms with E-state index in [2.05, 4.69) is 15.9 Å². The molecular formula is C22H13BrN2O. The van der Waals surface area contributed by atoms with Gasteiger partial charge in [-0.15, -0.1) is 0 Å². The minimum atomic E-state index is 0.236. The number of aromatic nitrogens is 2. The summed E-state index contributed by atoms with van der Waals surface area (Å²) < 4.78 is 0.988. The number of aromatic hydroxyl groups is 1. The fourth-order valence-electron chi connectivity index (χ4n) is 3.40. The van der Waals surface area contributed by atoms with E-state index in [1.54, 1.807) is 0 Å². The van der Waals surface area contributed by atoms with E-state index >= 15 is 0 Å². The van der Waals surface area contributed by atoms with Crippen LogP contribution in [0.4, 0.5) is 0 Å². The van der Waals surface area contributed by atoms with Gasteiger partial charge in [0, 0.05) is 15.2 Å². The molecule has 1 aromatic heterocycles. The van der Waals surface area contributed by atoms with Gasteiger partial charge in [-0.2, -0.15) is 0 Å². The highest BCUT2D eigenvalue weighted by Gasteiger charge is 2.18. The fraction of sp³-hybridized carbons (Fsp3) is 0. The number of hydrogen-bond acceptors (Lipinski definition) is 3. The zero-order chi connectivity index (χ0) is 17.7. The zero-order valence-corrected chi connectivity index (χ0v) is 15.2. The number of para-hydroxylation sites is 2. The van der Waals surface area contributed by atoms with E-state index in [1.807, 2.05) is 72.8 Å². The molecule has 0 saturated carbocycles. The Morgan fingerprint density at radius 1 is 0.654 bits per heavy atom. The molecule has 26 heavy (non-hydrogen) atoms. The lowest BCUT2D eigenvalue weighted by molar-refractivity contribution is 0.484. The van der Waals surface area contributed by atoms with Crippen LogP contribution < -0.4 is 0 Å². The van der Waals surface area contributed by atoms with E-state index in [-0.39, 0.29) is 5.75 Å². The maximum Gasteiger partial charge on any atom is 0.133 e.